The molecule has 0 fully saturated rings. The minimum Gasteiger partial charge on any atom is -0.478 e. The van der Waals surface area contributed by atoms with E-state index < -0.39 is 48.1 Å². The summed E-state index contributed by atoms with van der Waals surface area (Å²) in [6.07, 6.45) is -3.79. The molecule has 8 nitrogen and oxygen atoms in total. The summed E-state index contributed by atoms with van der Waals surface area (Å²) in [4.78, 5) is 46.8. The van der Waals surface area contributed by atoms with E-state index in [0.29, 0.717) is 0 Å². The molecule has 0 saturated heterocycles. The van der Waals surface area contributed by atoms with Gasteiger partial charge in [0.1, 0.15) is 5.60 Å². The van der Waals surface area contributed by atoms with E-state index in [-0.39, 0.29) is 5.56 Å². The van der Waals surface area contributed by atoms with Crippen LogP contribution in [0.1, 0.15) is 45.8 Å². The lowest BCUT2D eigenvalue weighted by Crippen LogP contribution is -2.35. The van der Waals surface area contributed by atoms with Crippen LogP contribution in [0.15, 0.2) is 30.3 Å². The Morgan fingerprint density at radius 2 is 1.62 bits per heavy atom. The molecule has 0 spiro atoms. The number of aliphatic carboxylic acids is 1. The van der Waals surface area contributed by atoms with E-state index in [2.05, 4.69) is 0 Å². The highest BCUT2D eigenvalue weighted by atomic mass is 16.6. The summed E-state index contributed by atoms with van der Waals surface area (Å²) < 4.78 is 14.9. The van der Waals surface area contributed by atoms with Gasteiger partial charge >= 0.3 is 23.9 Å². The molecule has 0 aliphatic heterocycles. The summed E-state index contributed by atoms with van der Waals surface area (Å²) >= 11 is 0. The number of esters is 3. The zero-order valence-corrected chi connectivity index (χ0v) is 15.1. The molecule has 0 aromatic heterocycles. The zero-order chi connectivity index (χ0) is 19.9. The maximum absolute atomic E-state index is 12.3. The summed E-state index contributed by atoms with van der Waals surface area (Å²) in [7, 11) is 0. The first kappa shape index (κ1) is 21.1. The first-order valence-electron chi connectivity index (χ1n) is 7.87. The first-order valence-corrected chi connectivity index (χ1v) is 7.87. The third kappa shape index (κ3) is 7.33. The number of carbonyl (C=O) groups is 4. The second-order valence-electron chi connectivity index (χ2n) is 6.45. The number of carbonyl (C=O) groups excluding carboxylic acids is 3. The molecule has 8 heteroatoms. The van der Waals surface area contributed by atoms with Gasteiger partial charge in [0.05, 0.1) is 6.42 Å². The molecular formula is C18H22O8. The van der Waals surface area contributed by atoms with E-state index in [1.165, 1.54) is 12.1 Å². The van der Waals surface area contributed by atoms with Crippen LogP contribution in [0.4, 0.5) is 0 Å². The second-order valence-corrected chi connectivity index (χ2v) is 6.45. The standard InChI is InChI=1S/C18H22O8/c1-11(19)24-13(10-14(20)26-18(2,3)4)17(23)25-15(16(21)22)12-8-6-5-7-9-12/h5-9,13,15H,10H2,1-4H3,(H,21,22). The van der Waals surface area contributed by atoms with Crippen LogP contribution >= 0.6 is 0 Å². The van der Waals surface area contributed by atoms with Crippen molar-refractivity contribution in [1.82, 2.24) is 0 Å². The Bertz CT molecular complexity index is 660. The predicted octanol–water partition coefficient (Wildman–Crippen LogP) is 2.02. The third-order valence-electron chi connectivity index (χ3n) is 2.90. The molecule has 1 N–H and O–H groups in total. The van der Waals surface area contributed by atoms with Gasteiger partial charge in [-0.2, -0.15) is 0 Å². The second kappa shape index (κ2) is 8.98. The van der Waals surface area contributed by atoms with Gasteiger partial charge in [-0.1, -0.05) is 30.3 Å². The maximum atomic E-state index is 12.3. The fourth-order valence-corrected chi connectivity index (χ4v) is 1.99. The Labute approximate surface area is 151 Å². The molecule has 1 aromatic carbocycles. The molecule has 1 rings (SSSR count). The number of hydrogen-bond donors (Lipinski definition) is 1. The van der Waals surface area contributed by atoms with Crippen molar-refractivity contribution in [2.45, 2.75) is 51.9 Å². The Balaban J connectivity index is 2.91. The molecule has 0 heterocycles. The number of ether oxygens (including phenoxy) is 3. The highest BCUT2D eigenvalue weighted by molar-refractivity contribution is 5.86. The van der Waals surface area contributed by atoms with Gasteiger partial charge in [0.2, 0.25) is 12.2 Å². The average molecular weight is 366 g/mol. The van der Waals surface area contributed by atoms with Crippen LogP contribution in [0, 0.1) is 0 Å². The topological polar surface area (TPSA) is 116 Å². The van der Waals surface area contributed by atoms with Crippen LogP contribution in [0.25, 0.3) is 0 Å². The minimum atomic E-state index is -1.60. The van der Waals surface area contributed by atoms with E-state index in [4.69, 9.17) is 14.2 Å². The summed E-state index contributed by atoms with van der Waals surface area (Å²) in [6, 6.07) is 7.79. The predicted molar refractivity (Wildman–Crippen MR) is 88.9 cm³/mol. The van der Waals surface area contributed by atoms with Gasteiger partial charge in [-0.25, -0.2) is 9.59 Å². The number of carboxylic acid groups (broad SMARTS) is 1. The van der Waals surface area contributed by atoms with Crippen molar-refractivity contribution < 1.29 is 38.5 Å². The van der Waals surface area contributed by atoms with Crippen molar-refractivity contribution in [3.05, 3.63) is 35.9 Å². The molecule has 0 radical (unpaired) electrons. The summed E-state index contributed by atoms with van der Waals surface area (Å²) in [5, 5.41) is 9.30. The summed E-state index contributed by atoms with van der Waals surface area (Å²) in [5.41, 5.74) is -0.567. The summed E-state index contributed by atoms with van der Waals surface area (Å²) in [6.45, 7) is 5.97. The monoisotopic (exact) mass is 366 g/mol. The van der Waals surface area contributed by atoms with Crippen LogP contribution in [-0.4, -0.2) is 40.7 Å². The van der Waals surface area contributed by atoms with Crippen molar-refractivity contribution in [3.8, 4) is 0 Å². The fourth-order valence-electron chi connectivity index (χ4n) is 1.99. The summed E-state index contributed by atoms with van der Waals surface area (Å²) in [5.74, 6) is -4.15. The van der Waals surface area contributed by atoms with Crippen LogP contribution in [0.5, 0.6) is 0 Å². The van der Waals surface area contributed by atoms with E-state index in [1.807, 2.05) is 0 Å². The highest BCUT2D eigenvalue weighted by Crippen LogP contribution is 2.20. The normalized spacial score (nSPS) is 13.2. The Morgan fingerprint density at radius 3 is 2.08 bits per heavy atom. The number of carboxylic acids is 1. The molecule has 26 heavy (non-hydrogen) atoms. The van der Waals surface area contributed by atoms with E-state index in [9.17, 15) is 24.3 Å². The SMILES string of the molecule is CC(=O)OC(CC(=O)OC(C)(C)C)C(=O)OC(C(=O)O)c1ccccc1. The molecule has 0 bridgehead atoms. The Morgan fingerprint density at radius 1 is 1.04 bits per heavy atom. The fraction of sp³-hybridized carbons (Fsp3) is 0.444. The van der Waals surface area contributed by atoms with Crippen molar-refractivity contribution >= 4 is 23.9 Å². The van der Waals surface area contributed by atoms with Crippen LogP contribution in [0.3, 0.4) is 0 Å². The van der Waals surface area contributed by atoms with Crippen LogP contribution in [-0.2, 0) is 33.4 Å². The lowest BCUT2D eigenvalue weighted by atomic mass is 10.1. The van der Waals surface area contributed by atoms with Crippen molar-refractivity contribution in [1.29, 1.82) is 0 Å². The number of hydrogen-bond acceptors (Lipinski definition) is 7. The average Bonchev–Trinajstić information content (AvgIpc) is 2.50. The zero-order valence-electron chi connectivity index (χ0n) is 15.1. The lowest BCUT2D eigenvalue weighted by Gasteiger charge is -2.22. The largest absolute Gasteiger partial charge is 0.478 e. The quantitative estimate of drug-likeness (QED) is 0.575. The molecule has 0 amide bonds. The minimum absolute atomic E-state index is 0.229. The van der Waals surface area contributed by atoms with Gasteiger partial charge < -0.3 is 19.3 Å². The van der Waals surface area contributed by atoms with Crippen molar-refractivity contribution in [2.75, 3.05) is 0 Å². The van der Waals surface area contributed by atoms with Gasteiger partial charge in [0.25, 0.3) is 0 Å². The van der Waals surface area contributed by atoms with E-state index >= 15 is 0 Å². The first-order chi connectivity index (χ1) is 12.0. The smallest absolute Gasteiger partial charge is 0.349 e. The Hall–Kier alpha value is -2.90. The van der Waals surface area contributed by atoms with E-state index in [1.54, 1.807) is 39.0 Å². The lowest BCUT2D eigenvalue weighted by molar-refractivity contribution is -0.180. The van der Waals surface area contributed by atoms with Gasteiger partial charge in [-0.05, 0) is 20.8 Å². The molecular weight excluding hydrogens is 344 g/mol. The molecule has 2 unspecified atom stereocenters. The third-order valence-corrected chi connectivity index (χ3v) is 2.90. The Kier molecular flexibility index (Phi) is 7.30. The van der Waals surface area contributed by atoms with Gasteiger partial charge in [0, 0.05) is 12.5 Å². The molecule has 0 aliphatic rings. The highest BCUT2D eigenvalue weighted by Gasteiger charge is 2.33. The van der Waals surface area contributed by atoms with Gasteiger partial charge in [-0.3, -0.25) is 9.59 Å². The van der Waals surface area contributed by atoms with Gasteiger partial charge in [-0.15, -0.1) is 0 Å². The van der Waals surface area contributed by atoms with Crippen molar-refractivity contribution in [2.24, 2.45) is 0 Å². The molecule has 1 aromatic rings. The van der Waals surface area contributed by atoms with E-state index in [0.717, 1.165) is 6.92 Å². The van der Waals surface area contributed by atoms with Crippen LogP contribution in [0.2, 0.25) is 0 Å². The molecule has 0 aliphatic carbocycles. The molecule has 2 atom stereocenters. The number of rotatable bonds is 7. The van der Waals surface area contributed by atoms with Crippen molar-refractivity contribution in [3.63, 3.8) is 0 Å². The number of benzene rings is 1. The van der Waals surface area contributed by atoms with Crippen LogP contribution < -0.4 is 0 Å². The molecule has 0 saturated carbocycles. The maximum Gasteiger partial charge on any atom is 0.349 e. The van der Waals surface area contributed by atoms with Gasteiger partial charge in [0.15, 0.2) is 0 Å². The molecule has 142 valence electrons.